The molecular formula is C25H32F3N3O4. The van der Waals surface area contributed by atoms with Crippen LogP contribution in [0, 0.1) is 0 Å². The van der Waals surface area contributed by atoms with E-state index in [4.69, 9.17) is 20.3 Å². The smallest absolute Gasteiger partial charge is 0.422 e. The number of nitrogens with one attached hydrogen (secondary N) is 1. The van der Waals surface area contributed by atoms with E-state index in [1.807, 2.05) is 13.0 Å². The maximum Gasteiger partial charge on any atom is 0.422 e. The van der Waals surface area contributed by atoms with Gasteiger partial charge in [-0.25, -0.2) is 0 Å². The van der Waals surface area contributed by atoms with E-state index in [0.717, 1.165) is 29.8 Å². The van der Waals surface area contributed by atoms with Crippen molar-refractivity contribution in [1.82, 2.24) is 5.32 Å². The molecule has 0 saturated carbocycles. The maximum absolute atomic E-state index is 12.4. The number of anilines is 1. The molecule has 0 aliphatic carbocycles. The Labute approximate surface area is 203 Å². The molecule has 7 nitrogen and oxygen atoms in total. The highest BCUT2D eigenvalue weighted by Crippen LogP contribution is 2.33. The van der Waals surface area contributed by atoms with Crippen molar-refractivity contribution in [3.63, 3.8) is 0 Å². The van der Waals surface area contributed by atoms with Gasteiger partial charge in [0.15, 0.2) is 18.1 Å². The quantitative estimate of drug-likeness (QED) is 0.367. The molecule has 1 heterocycles. The van der Waals surface area contributed by atoms with Crippen LogP contribution in [0.1, 0.15) is 34.8 Å². The van der Waals surface area contributed by atoms with Crippen LogP contribution < -0.4 is 25.4 Å². The minimum Gasteiger partial charge on any atom is -0.488 e. The second-order valence-electron chi connectivity index (χ2n) is 8.59. The van der Waals surface area contributed by atoms with Crippen LogP contribution >= 0.6 is 0 Å². The van der Waals surface area contributed by atoms with Gasteiger partial charge in [-0.2, -0.15) is 13.2 Å². The van der Waals surface area contributed by atoms with Crippen molar-refractivity contribution in [2.75, 3.05) is 44.4 Å². The second kappa shape index (κ2) is 12.1. The molecule has 0 fully saturated rings. The van der Waals surface area contributed by atoms with Gasteiger partial charge in [0.1, 0.15) is 6.61 Å². The first kappa shape index (κ1) is 26.6. The Morgan fingerprint density at radius 3 is 2.71 bits per heavy atom. The minimum atomic E-state index is -4.42. The van der Waals surface area contributed by atoms with Crippen LogP contribution in [0.25, 0.3) is 0 Å². The van der Waals surface area contributed by atoms with Crippen molar-refractivity contribution in [2.45, 2.75) is 38.4 Å². The maximum atomic E-state index is 12.4. The molecule has 0 unspecified atom stereocenters. The Hall–Kier alpha value is -2.98. The Balaban J connectivity index is 1.53. The number of nitrogens with two attached hydrogens (primary N) is 1. The van der Waals surface area contributed by atoms with Crippen LogP contribution in [-0.2, 0) is 12.8 Å². The van der Waals surface area contributed by atoms with E-state index in [-0.39, 0.29) is 30.8 Å². The number of para-hydroxylation sites is 2. The Kier molecular flexibility index (Phi) is 9.22. The van der Waals surface area contributed by atoms with E-state index in [9.17, 15) is 18.0 Å². The van der Waals surface area contributed by atoms with Gasteiger partial charge in [0.25, 0.3) is 5.91 Å². The van der Waals surface area contributed by atoms with Gasteiger partial charge in [0, 0.05) is 32.3 Å². The molecule has 0 aromatic heterocycles. The zero-order valence-electron chi connectivity index (χ0n) is 19.7. The lowest BCUT2D eigenvalue weighted by atomic mass is 9.98. The number of rotatable bonds is 13. The van der Waals surface area contributed by atoms with Crippen molar-refractivity contribution in [3.8, 4) is 11.5 Å². The highest BCUT2D eigenvalue weighted by Gasteiger charge is 2.29. The standard InChI is InChI=1S/C25H32F3N3O4/c1-17(30-8-12-34-21-5-2-3-6-22(21)35-16-25(26,27)28)13-18-14-19-7-10-31(9-4-11-32)23(19)20(15-18)24(29)33/h2-3,5-6,14-15,17,30,32H,4,7-13,16H2,1H3,(H2,29,33)/t17-/m1/s1/i8+2,12+2. The van der Waals surface area contributed by atoms with Crippen molar-refractivity contribution in [3.05, 3.63) is 53.1 Å². The number of ether oxygens (including phenoxy) is 2. The highest BCUT2D eigenvalue weighted by molar-refractivity contribution is 6.00. The Bertz CT molecular complexity index is 1000. The lowest BCUT2D eigenvalue weighted by Crippen LogP contribution is -2.32. The summed E-state index contributed by atoms with van der Waals surface area (Å²) in [6.45, 7) is 2.89. The average molecular weight is 500 g/mol. The minimum absolute atomic E-state index is 0.0445. The number of carbonyl (C=O) groups is 1. The number of nitrogens with zero attached hydrogens (tertiary/aromatic N) is 1. The van der Waals surface area contributed by atoms with E-state index in [1.165, 1.54) is 6.07 Å². The number of aliphatic hydroxyl groups excluding tert-OH is 1. The average Bonchev–Trinajstić information content (AvgIpc) is 3.21. The van der Waals surface area contributed by atoms with Crippen molar-refractivity contribution in [1.29, 1.82) is 0 Å². The van der Waals surface area contributed by atoms with Gasteiger partial charge in [0.2, 0.25) is 0 Å². The molecule has 1 aliphatic heterocycles. The number of halogens is 3. The molecule has 0 radical (unpaired) electrons. The zero-order valence-corrected chi connectivity index (χ0v) is 19.7. The summed E-state index contributed by atoms with van der Waals surface area (Å²) in [6.07, 6.45) is -2.31. The Morgan fingerprint density at radius 2 is 2.03 bits per heavy atom. The molecule has 1 atom stereocenters. The summed E-state index contributed by atoms with van der Waals surface area (Å²) in [5, 5.41) is 12.5. The molecule has 10 heteroatoms. The first-order chi connectivity index (χ1) is 16.7. The van der Waals surface area contributed by atoms with Crippen molar-refractivity contribution >= 4 is 11.6 Å². The molecule has 0 bridgehead atoms. The van der Waals surface area contributed by atoms with Gasteiger partial charge < -0.3 is 30.5 Å². The van der Waals surface area contributed by atoms with Crippen LogP contribution in [0.3, 0.4) is 0 Å². The van der Waals surface area contributed by atoms with Gasteiger partial charge in [-0.05, 0) is 55.5 Å². The molecule has 1 aliphatic rings. The molecule has 35 heavy (non-hydrogen) atoms. The topological polar surface area (TPSA) is 97.1 Å². The zero-order chi connectivity index (χ0) is 25.4. The molecule has 4 N–H and O–H groups in total. The van der Waals surface area contributed by atoms with Gasteiger partial charge in [0.05, 0.1) is 11.3 Å². The number of benzene rings is 2. The number of primary amides is 1. The third-order valence-electron chi connectivity index (χ3n) is 5.70. The van der Waals surface area contributed by atoms with Crippen LogP contribution in [-0.4, -0.2) is 62.7 Å². The van der Waals surface area contributed by atoms with Crippen LogP contribution in [0.15, 0.2) is 36.4 Å². The van der Waals surface area contributed by atoms with E-state index in [2.05, 4.69) is 16.3 Å². The summed E-state index contributed by atoms with van der Waals surface area (Å²) in [6, 6.07) is 10.2. The number of fused-ring (bicyclic) bond motifs is 1. The summed E-state index contributed by atoms with van der Waals surface area (Å²) < 4.78 is 47.8. The fraction of sp³-hybridized carbons (Fsp3) is 0.480. The summed E-state index contributed by atoms with van der Waals surface area (Å²) in [5.74, 6) is -0.177. The van der Waals surface area contributed by atoms with Gasteiger partial charge >= 0.3 is 6.18 Å². The second-order valence-corrected chi connectivity index (χ2v) is 8.59. The normalized spacial score (nSPS) is 14.0. The fourth-order valence-corrected chi connectivity index (χ4v) is 4.22. The van der Waals surface area contributed by atoms with E-state index >= 15 is 0 Å². The number of aliphatic hydroxyl groups is 1. The monoisotopic (exact) mass is 499 g/mol. The number of alkyl halides is 3. The molecule has 2 aromatic rings. The summed E-state index contributed by atoms with van der Waals surface area (Å²) in [5.41, 5.74) is 9.12. The fourth-order valence-electron chi connectivity index (χ4n) is 4.22. The van der Waals surface area contributed by atoms with Gasteiger partial charge in [-0.3, -0.25) is 4.79 Å². The van der Waals surface area contributed by atoms with Crippen LogP contribution in [0.2, 0.25) is 0 Å². The SMILES string of the molecule is C[C@H](Cc1cc2c(c(C(N)=O)c1)N(CCCO)CC2)N[14CH2][14CH2]Oc1ccccc1OCC(F)(F)F. The third kappa shape index (κ3) is 7.76. The highest BCUT2D eigenvalue weighted by atomic mass is 19.4. The predicted octanol–water partition coefficient (Wildman–Crippen LogP) is 3.07. The lowest BCUT2D eigenvalue weighted by Gasteiger charge is -2.22. The van der Waals surface area contributed by atoms with Gasteiger partial charge in [-0.15, -0.1) is 0 Å². The first-order valence-corrected chi connectivity index (χ1v) is 11.6. The van der Waals surface area contributed by atoms with Gasteiger partial charge in [-0.1, -0.05) is 18.2 Å². The van der Waals surface area contributed by atoms with Crippen molar-refractivity contribution < 1.29 is 32.5 Å². The molecular weight excluding hydrogens is 467 g/mol. The van der Waals surface area contributed by atoms with Crippen LogP contribution in [0.4, 0.5) is 18.9 Å². The largest absolute Gasteiger partial charge is 0.488 e. The number of carbonyl (C=O) groups excluding carboxylic acids is 1. The van der Waals surface area contributed by atoms with Crippen LogP contribution in [0.5, 0.6) is 11.5 Å². The molecule has 1 amide bonds. The molecule has 3 rings (SSSR count). The molecule has 192 valence electrons. The number of amides is 1. The molecule has 2 aromatic carbocycles. The molecule has 0 saturated heterocycles. The van der Waals surface area contributed by atoms with E-state index in [0.29, 0.717) is 31.5 Å². The summed E-state index contributed by atoms with van der Waals surface area (Å²) in [7, 11) is 0. The third-order valence-corrected chi connectivity index (χ3v) is 5.70. The number of hydrogen-bond donors (Lipinski definition) is 3. The Morgan fingerprint density at radius 1 is 1.29 bits per heavy atom. The number of hydrogen-bond acceptors (Lipinski definition) is 6. The summed E-state index contributed by atoms with van der Waals surface area (Å²) in [4.78, 5) is 14.2. The molecule has 0 spiro atoms. The lowest BCUT2D eigenvalue weighted by molar-refractivity contribution is -0.153. The van der Waals surface area contributed by atoms with Crippen molar-refractivity contribution in [2.24, 2.45) is 5.73 Å². The first-order valence-electron chi connectivity index (χ1n) is 11.6. The summed E-state index contributed by atoms with van der Waals surface area (Å²) >= 11 is 0. The van der Waals surface area contributed by atoms with E-state index < -0.39 is 18.7 Å². The van der Waals surface area contributed by atoms with E-state index in [1.54, 1.807) is 18.2 Å². The predicted molar refractivity (Wildman–Crippen MR) is 127 cm³/mol.